The van der Waals surface area contributed by atoms with Gasteiger partial charge in [-0.05, 0) is 6.07 Å². The Morgan fingerprint density at radius 2 is 2.18 bits per heavy atom. The third-order valence-electron chi connectivity index (χ3n) is 2.35. The summed E-state index contributed by atoms with van der Waals surface area (Å²) >= 11 is 0. The lowest BCUT2D eigenvalue weighted by atomic mass is 10.2. The summed E-state index contributed by atoms with van der Waals surface area (Å²) in [5.74, 6) is -2.93. The number of sulfonamides is 1. The molecule has 0 aliphatic carbocycles. The standard InChI is InChI=1S/C8H11F2N3O3S/c1-16-6-13-7(2-3-11-13)17(14,15)12-4-8(9,10)5-12/h2-3H,4-6H2,1H3. The molecule has 0 aromatic carbocycles. The van der Waals surface area contributed by atoms with Crippen molar-refractivity contribution in [2.24, 2.45) is 0 Å². The minimum Gasteiger partial charge on any atom is -0.362 e. The van der Waals surface area contributed by atoms with Gasteiger partial charge in [-0.25, -0.2) is 21.9 Å². The van der Waals surface area contributed by atoms with Crippen LogP contribution in [0.25, 0.3) is 0 Å². The van der Waals surface area contributed by atoms with E-state index < -0.39 is 29.0 Å². The van der Waals surface area contributed by atoms with Crippen molar-refractivity contribution in [1.29, 1.82) is 0 Å². The molecule has 0 N–H and O–H groups in total. The Morgan fingerprint density at radius 3 is 2.71 bits per heavy atom. The molecule has 0 unspecified atom stereocenters. The Balaban J connectivity index is 2.24. The van der Waals surface area contributed by atoms with Gasteiger partial charge in [-0.3, -0.25) is 0 Å². The Kier molecular flexibility index (Phi) is 2.92. The molecule has 2 rings (SSSR count). The van der Waals surface area contributed by atoms with Crippen LogP contribution in [0, 0.1) is 0 Å². The zero-order valence-corrected chi connectivity index (χ0v) is 9.82. The second kappa shape index (κ2) is 4.00. The van der Waals surface area contributed by atoms with E-state index in [1.807, 2.05) is 0 Å². The van der Waals surface area contributed by atoms with E-state index in [9.17, 15) is 17.2 Å². The van der Waals surface area contributed by atoms with E-state index in [2.05, 4.69) is 5.10 Å². The van der Waals surface area contributed by atoms with Crippen molar-refractivity contribution in [3.05, 3.63) is 12.3 Å². The molecule has 0 bridgehead atoms. The van der Waals surface area contributed by atoms with Crippen molar-refractivity contribution in [2.45, 2.75) is 17.7 Å². The third-order valence-corrected chi connectivity index (χ3v) is 4.16. The summed E-state index contributed by atoms with van der Waals surface area (Å²) in [5.41, 5.74) is 0. The number of halogens is 2. The summed E-state index contributed by atoms with van der Waals surface area (Å²) in [5, 5.41) is 3.60. The van der Waals surface area contributed by atoms with E-state index in [4.69, 9.17) is 4.74 Å². The number of methoxy groups -OCH3 is 1. The monoisotopic (exact) mass is 267 g/mol. The van der Waals surface area contributed by atoms with Gasteiger partial charge < -0.3 is 4.74 Å². The maximum absolute atomic E-state index is 12.7. The Bertz CT molecular complexity index is 506. The fraction of sp³-hybridized carbons (Fsp3) is 0.625. The molecule has 17 heavy (non-hydrogen) atoms. The van der Waals surface area contributed by atoms with Crippen LogP contribution in [0.4, 0.5) is 8.78 Å². The first-order valence-corrected chi connectivity index (χ1v) is 6.19. The predicted octanol–water partition coefficient (Wildman–Crippen LogP) is 0.127. The molecule has 96 valence electrons. The molecule has 9 heteroatoms. The fourth-order valence-electron chi connectivity index (χ4n) is 1.53. The molecule has 6 nitrogen and oxygen atoms in total. The highest BCUT2D eigenvalue weighted by Crippen LogP contribution is 2.31. The van der Waals surface area contributed by atoms with Gasteiger partial charge in [0.2, 0.25) is 0 Å². The number of hydrogen-bond donors (Lipinski definition) is 0. The first-order chi connectivity index (χ1) is 7.87. The molecule has 0 atom stereocenters. The van der Waals surface area contributed by atoms with Crippen LogP contribution in [0.2, 0.25) is 0 Å². The topological polar surface area (TPSA) is 64.4 Å². The second-order valence-electron chi connectivity index (χ2n) is 3.72. The molecule has 1 fully saturated rings. The zero-order chi connectivity index (χ0) is 12.7. The zero-order valence-electron chi connectivity index (χ0n) is 9.01. The van der Waals surface area contributed by atoms with E-state index in [1.165, 1.54) is 19.4 Å². The van der Waals surface area contributed by atoms with Crippen molar-refractivity contribution in [1.82, 2.24) is 14.1 Å². The SMILES string of the molecule is COCn1nccc1S(=O)(=O)N1CC(F)(F)C1. The smallest absolute Gasteiger partial charge is 0.275 e. The summed E-state index contributed by atoms with van der Waals surface area (Å²) in [6.45, 7) is -1.62. The fourth-order valence-corrected chi connectivity index (χ4v) is 3.11. The summed E-state index contributed by atoms with van der Waals surface area (Å²) in [6, 6.07) is 1.25. The van der Waals surface area contributed by atoms with Gasteiger partial charge >= 0.3 is 0 Å². The van der Waals surface area contributed by atoms with Gasteiger partial charge in [0.1, 0.15) is 6.73 Å². The molecular formula is C8H11F2N3O3S. The molecule has 0 radical (unpaired) electrons. The number of rotatable bonds is 4. The molecule has 1 aromatic rings. The lowest BCUT2D eigenvalue weighted by molar-refractivity contribution is -0.0947. The average Bonchev–Trinajstić information content (AvgIpc) is 2.63. The number of hydrogen-bond acceptors (Lipinski definition) is 4. The highest BCUT2D eigenvalue weighted by atomic mass is 32.2. The van der Waals surface area contributed by atoms with Crippen molar-refractivity contribution in [3.8, 4) is 0 Å². The lowest BCUT2D eigenvalue weighted by Crippen LogP contribution is -2.58. The van der Waals surface area contributed by atoms with E-state index in [0.29, 0.717) is 0 Å². The molecular weight excluding hydrogens is 256 g/mol. The van der Waals surface area contributed by atoms with E-state index in [-0.39, 0.29) is 11.8 Å². The van der Waals surface area contributed by atoms with Gasteiger partial charge in [0.15, 0.2) is 5.03 Å². The molecule has 1 aromatic heterocycles. The first-order valence-electron chi connectivity index (χ1n) is 4.75. The van der Waals surface area contributed by atoms with E-state index >= 15 is 0 Å². The van der Waals surface area contributed by atoms with Crippen molar-refractivity contribution >= 4 is 10.0 Å². The molecule has 1 saturated heterocycles. The van der Waals surface area contributed by atoms with Crippen molar-refractivity contribution < 1.29 is 21.9 Å². The number of aromatic nitrogens is 2. The predicted molar refractivity (Wildman–Crippen MR) is 52.9 cm³/mol. The van der Waals surface area contributed by atoms with Crippen LogP contribution >= 0.6 is 0 Å². The Labute approximate surface area is 96.8 Å². The molecule has 0 spiro atoms. The normalized spacial score (nSPS) is 20.2. The van der Waals surface area contributed by atoms with Gasteiger partial charge in [0.05, 0.1) is 19.3 Å². The van der Waals surface area contributed by atoms with Crippen molar-refractivity contribution in [2.75, 3.05) is 20.2 Å². The summed E-state index contributed by atoms with van der Waals surface area (Å²) in [7, 11) is -2.52. The summed E-state index contributed by atoms with van der Waals surface area (Å²) < 4.78 is 55.8. The van der Waals surface area contributed by atoms with Crippen LogP contribution in [0.5, 0.6) is 0 Å². The van der Waals surface area contributed by atoms with Gasteiger partial charge in [0.25, 0.3) is 15.9 Å². The summed E-state index contributed by atoms with van der Waals surface area (Å²) in [4.78, 5) is 0. The quantitative estimate of drug-likeness (QED) is 0.777. The minimum absolute atomic E-state index is 0.0498. The molecule has 2 heterocycles. The van der Waals surface area contributed by atoms with E-state index in [1.54, 1.807) is 0 Å². The Hall–Kier alpha value is -1.06. The highest BCUT2D eigenvalue weighted by molar-refractivity contribution is 7.89. The maximum atomic E-state index is 12.7. The van der Waals surface area contributed by atoms with E-state index in [0.717, 1.165) is 8.99 Å². The van der Waals surface area contributed by atoms with Crippen molar-refractivity contribution in [3.63, 3.8) is 0 Å². The van der Waals surface area contributed by atoms with Crippen LogP contribution in [0.3, 0.4) is 0 Å². The van der Waals surface area contributed by atoms with Gasteiger partial charge in [-0.15, -0.1) is 0 Å². The van der Waals surface area contributed by atoms with Crippen LogP contribution in [0.15, 0.2) is 17.3 Å². The molecule has 0 saturated carbocycles. The van der Waals surface area contributed by atoms with Crippen LogP contribution in [-0.4, -0.2) is 48.6 Å². The van der Waals surface area contributed by atoms with Crippen LogP contribution in [-0.2, 0) is 21.5 Å². The highest BCUT2D eigenvalue weighted by Gasteiger charge is 2.50. The number of ether oxygens (including phenoxy) is 1. The lowest BCUT2D eigenvalue weighted by Gasteiger charge is -2.37. The molecule has 1 aliphatic heterocycles. The summed E-state index contributed by atoms with van der Waals surface area (Å²) in [6.07, 6.45) is 1.28. The van der Waals surface area contributed by atoms with Gasteiger partial charge in [-0.1, -0.05) is 0 Å². The van der Waals surface area contributed by atoms with Crippen LogP contribution < -0.4 is 0 Å². The largest absolute Gasteiger partial charge is 0.362 e. The van der Waals surface area contributed by atoms with Gasteiger partial charge in [-0.2, -0.15) is 9.40 Å². The first kappa shape index (κ1) is 12.4. The maximum Gasteiger partial charge on any atom is 0.275 e. The van der Waals surface area contributed by atoms with Crippen LogP contribution in [0.1, 0.15) is 0 Å². The molecule has 0 amide bonds. The second-order valence-corrected chi connectivity index (χ2v) is 5.60. The average molecular weight is 267 g/mol. The molecule has 1 aliphatic rings. The number of nitrogens with zero attached hydrogens (tertiary/aromatic N) is 3. The minimum atomic E-state index is -3.91. The van der Waals surface area contributed by atoms with Gasteiger partial charge in [0, 0.05) is 7.11 Å². The Morgan fingerprint density at radius 1 is 1.53 bits per heavy atom. The third kappa shape index (κ3) is 2.17. The number of alkyl halides is 2.